The molecule has 0 N–H and O–H groups in total. The predicted octanol–water partition coefficient (Wildman–Crippen LogP) is 2.26. The van der Waals surface area contributed by atoms with E-state index in [1.807, 2.05) is 35.4 Å². The number of ether oxygens (including phenoxy) is 2. The molecular weight excluding hydrogens is 368 g/mol. The van der Waals surface area contributed by atoms with Crippen molar-refractivity contribution in [2.45, 2.75) is 31.7 Å². The Balaban J connectivity index is 1.35. The van der Waals surface area contributed by atoms with Crippen LogP contribution in [0.15, 0.2) is 30.5 Å². The van der Waals surface area contributed by atoms with Crippen LogP contribution in [0.25, 0.3) is 0 Å². The second-order valence-corrected chi connectivity index (χ2v) is 7.83. The lowest BCUT2D eigenvalue weighted by Crippen LogP contribution is -2.42. The van der Waals surface area contributed by atoms with E-state index in [4.69, 9.17) is 14.5 Å². The summed E-state index contributed by atoms with van der Waals surface area (Å²) in [4.78, 5) is 26.3. The van der Waals surface area contributed by atoms with Crippen molar-refractivity contribution in [2.24, 2.45) is 0 Å². The van der Waals surface area contributed by atoms with E-state index in [0.29, 0.717) is 12.3 Å². The zero-order valence-electron chi connectivity index (χ0n) is 17.1. The topological polar surface area (TPSA) is 67.8 Å². The van der Waals surface area contributed by atoms with Gasteiger partial charge in [0.25, 0.3) is 5.91 Å². The highest BCUT2D eigenvalue weighted by molar-refractivity contribution is 5.78. The van der Waals surface area contributed by atoms with Gasteiger partial charge in [-0.1, -0.05) is 0 Å². The maximum Gasteiger partial charge on any atom is 0.260 e. The van der Waals surface area contributed by atoms with Crippen molar-refractivity contribution in [3.8, 4) is 11.5 Å². The molecule has 2 aliphatic rings. The number of methoxy groups -OCH3 is 1. The van der Waals surface area contributed by atoms with E-state index < -0.39 is 0 Å². The highest BCUT2D eigenvalue weighted by Gasteiger charge is 2.27. The van der Waals surface area contributed by atoms with Crippen LogP contribution >= 0.6 is 0 Å². The summed E-state index contributed by atoms with van der Waals surface area (Å²) in [5.41, 5.74) is 2.39. The molecule has 0 bridgehead atoms. The molecule has 0 spiro atoms. The molecule has 0 radical (unpaired) electrons. The Hall–Kier alpha value is -2.67. The first-order valence-electron chi connectivity index (χ1n) is 10.2. The molecule has 2 aliphatic heterocycles. The number of likely N-dealkylation sites (tertiary alicyclic amines) is 1. The van der Waals surface area contributed by atoms with Gasteiger partial charge in [-0.15, -0.1) is 0 Å². The monoisotopic (exact) mass is 396 g/mol. The largest absolute Gasteiger partial charge is 0.497 e. The van der Waals surface area contributed by atoms with Gasteiger partial charge in [-0.05, 0) is 44.2 Å². The van der Waals surface area contributed by atoms with Gasteiger partial charge < -0.3 is 19.3 Å². The third kappa shape index (κ3) is 4.67. The molecule has 1 amide bonds. The predicted molar refractivity (Wildman–Crippen MR) is 109 cm³/mol. The van der Waals surface area contributed by atoms with E-state index in [1.54, 1.807) is 7.11 Å². The number of hydrogen-bond donors (Lipinski definition) is 0. The molecule has 1 fully saturated rings. The van der Waals surface area contributed by atoms with Gasteiger partial charge in [0.15, 0.2) is 6.61 Å². The molecule has 0 saturated carbocycles. The summed E-state index contributed by atoms with van der Waals surface area (Å²) in [5, 5.41) is 0. The number of carbonyl (C=O) groups is 1. The molecule has 1 aromatic heterocycles. The number of rotatable bonds is 5. The molecule has 29 heavy (non-hydrogen) atoms. The molecule has 4 rings (SSSR count). The summed E-state index contributed by atoms with van der Waals surface area (Å²) in [6, 6.07) is 7.26. The standard InChI is InChI=1S/C22H28N4O3/c1-25-11-9-20-17(13-25)12-23-22(24-20)16-4-3-10-26(14-16)21(27)15-29-19-7-5-18(28-2)6-8-19/h5-8,12,16H,3-4,9-11,13-15H2,1-2H3/t16-/m0/s1. The van der Waals surface area contributed by atoms with Crippen LogP contribution in [0.3, 0.4) is 0 Å². The lowest BCUT2D eigenvalue weighted by Gasteiger charge is -2.32. The molecule has 1 saturated heterocycles. The average Bonchev–Trinajstić information content (AvgIpc) is 2.77. The third-order valence-electron chi connectivity index (χ3n) is 5.70. The van der Waals surface area contributed by atoms with Gasteiger partial charge in [0.1, 0.15) is 17.3 Å². The summed E-state index contributed by atoms with van der Waals surface area (Å²) in [6.07, 6.45) is 4.91. The first-order chi connectivity index (χ1) is 14.1. The molecule has 7 heteroatoms. The number of aromatic nitrogens is 2. The highest BCUT2D eigenvalue weighted by atomic mass is 16.5. The van der Waals surface area contributed by atoms with Gasteiger partial charge in [-0.2, -0.15) is 0 Å². The van der Waals surface area contributed by atoms with Crippen LogP contribution in [0.5, 0.6) is 11.5 Å². The summed E-state index contributed by atoms with van der Waals surface area (Å²) in [5.74, 6) is 2.50. The Morgan fingerprint density at radius 2 is 2.00 bits per heavy atom. The number of piperidine rings is 1. The van der Waals surface area contributed by atoms with Crippen molar-refractivity contribution in [2.75, 3.05) is 40.4 Å². The third-order valence-corrected chi connectivity index (χ3v) is 5.70. The first kappa shape index (κ1) is 19.6. The number of amides is 1. The fraction of sp³-hybridized carbons (Fsp3) is 0.500. The lowest BCUT2D eigenvalue weighted by atomic mass is 9.96. The summed E-state index contributed by atoms with van der Waals surface area (Å²) in [6.45, 7) is 3.39. The molecule has 154 valence electrons. The van der Waals surface area contributed by atoms with Crippen molar-refractivity contribution in [3.05, 3.63) is 47.5 Å². The highest BCUT2D eigenvalue weighted by Crippen LogP contribution is 2.26. The molecule has 2 aromatic rings. The van der Waals surface area contributed by atoms with Crippen LogP contribution in [0, 0.1) is 0 Å². The number of benzene rings is 1. The lowest BCUT2D eigenvalue weighted by molar-refractivity contribution is -0.134. The second-order valence-electron chi connectivity index (χ2n) is 7.83. The molecule has 1 atom stereocenters. The normalized spacial score (nSPS) is 19.5. The van der Waals surface area contributed by atoms with Crippen LogP contribution in [0.2, 0.25) is 0 Å². The van der Waals surface area contributed by atoms with Crippen molar-refractivity contribution in [1.29, 1.82) is 0 Å². The minimum absolute atomic E-state index is 0.00472. The number of nitrogens with zero attached hydrogens (tertiary/aromatic N) is 4. The van der Waals surface area contributed by atoms with Crippen molar-refractivity contribution >= 4 is 5.91 Å². The zero-order chi connectivity index (χ0) is 20.2. The van der Waals surface area contributed by atoms with Crippen LogP contribution in [0.1, 0.15) is 35.8 Å². The fourth-order valence-corrected chi connectivity index (χ4v) is 3.99. The Morgan fingerprint density at radius 1 is 1.21 bits per heavy atom. The molecule has 0 unspecified atom stereocenters. The smallest absolute Gasteiger partial charge is 0.260 e. The van der Waals surface area contributed by atoms with E-state index in [0.717, 1.165) is 50.5 Å². The minimum Gasteiger partial charge on any atom is -0.497 e. The SMILES string of the molecule is COc1ccc(OCC(=O)N2CCC[C@H](c3ncc4c(n3)CCN(C)C4)C2)cc1. The molecule has 0 aliphatic carbocycles. The maximum absolute atomic E-state index is 12.7. The van der Waals surface area contributed by atoms with Crippen LogP contribution in [-0.4, -0.2) is 66.1 Å². The molecular formula is C22H28N4O3. The van der Waals surface area contributed by atoms with E-state index in [9.17, 15) is 4.79 Å². The number of hydrogen-bond acceptors (Lipinski definition) is 6. The van der Waals surface area contributed by atoms with E-state index in [2.05, 4.69) is 16.9 Å². The molecule has 7 nitrogen and oxygen atoms in total. The fourth-order valence-electron chi connectivity index (χ4n) is 3.99. The van der Waals surface area contributed by atoms with E-state index in [1.165, 1.54) is 11.3 Å². The zero-order valence-corrected chi connectivity index (χ0v) is 17.1. The Bertz CT molecular complexity index is 856. The van der Waals surface area contributed by atoms with Crippen molar-refractivity contribution in [1.82, 2.24) is 19.8 Å². The van der Waals surface area contributed by atoms with E-state index >= 15 is 0 Å². The number of carbonyl (C=O) groups excluding carboxylic acids is 1. The number of likely N-dealkylation sites (N-methyl/N-ethyl adjacent to an activating group) is 1. The van der Waals surface area contributed by atoms with Crippen molar-refractivity contribution < 1.29 is 14.3 Å². The van der Waals surface area contributed by atoms with Gasteiger partial charge in [0.05, 0.1) is 7.11 Å². The van der Waals surface area contributed by atoms with Gasteiger partial charge in [-0.3, -0.25) is 4.79 Å². The second kappa shape index (κ2) is 8.78. The first-order valence-corrected chi connectivity index (χ1v) is 10.2. The Morgan fingerprint density at radius 3 is 2.79 bits per heavy atom. The summed E-state index contributed by atoms with van der Waals surface area (Å²) >= 11 is 0. The van der Waals surface area contributed by atoms with Crippen molar-refractivity contribution in [3.63, 3.8) is 0 Å². The van der Waals surface area contributed by atoms with Crippen LogP contribution in [-0.2, 0) is 17.8 Å². The summed E-state index contributed by atoms with van der Waals surface area (Å²) in [7, 11) is 3.74. The van der Waals surface area contributed by atoms with Gasteiger partial charge >= 0.3 is 0 Å². The quantitative estimate of drug-likeness (QED) is 0.772. The van der Waals surface area contributed by atoms with E-state index in [-0.39, 0.29) is 18.4 Å². The maximum atomic E-state index is 12.7. The van der Waals surface area contributed by atoms with Crippen LogP contribution < -0.4 is 9.47 Å². The van der Waals surface area contributed by atoms with Gasteiger partial charge in [0, 0.05) is 56.0 Å². The average molecular weight is 396 g/mol. The molecule has 1 aromatic carbocycles. The van der Waals surface area contributed by atoms with Crippen LogP contribution in [0.4, 0.5) is 0 Å². The minimum atomic E-state index is 0.00472. The molecule has 3 heterocycles. The Kier molecular flexibility index (Phi) is 5.94. The number of fused-ring (bicyclic) bond motifs is 1. The van der Waals surface area contributed by atoms with Gasteiger partial charge in [-0.25, -0.2) is 9.97 Å². The Labute approximate surface area is 171 Å². The summed E-state index contributed by atoms with van der Waals surface area (Å²) < 4.78 is 10.8. The van der Waals surface area contributed by atoms with Gasteiger partial charge in [0.2, 0.25) is 0 Å².